The number of sulfonamides is 1. The van der Waals surface area contributed by atoms with Gasteiger partial charge in [0.15, 0.2) is 5.78 Å². The fraction of sp³-hybridized carbons (Fsp3) is 0.483. The Morgan fingerprint density at radius 3 is 2.19 bits per heavy atom. The molecule has 0 radical (unpaired) electrons. The van der Waals surface area contributed by atoms with Crippen molar-refractivity contribution in [1.82, 2.24) is 9.21 Å². The zero-order valence-electron chi connectivity index (χ0n) is 22.5. The maximum Gasteiger partial charge on any atom is 0.247 e. The summed E-state index contributed by atoms with van der Waals surface area (Å²) in [6.45, 7) is 9.68. The first-order chi connectivity index (χ1) is 17.8. The number of Topliss-reactive ketones (excluding diaryl/α,β-unsaturated/α-hetero) is 1. The highest BCUT2D eigenvalue weighted by molar-refractivity contribution is 7.89. The number of likely N-dealkylation sites (N-methyl/N-ethyl adjacent to an activating group) is 1. The first kappa shape index (κ1) is 28.9. The Kier molecular flexibility index (Phi) is 10.7. The normalized spacial score (nSPS) is 12.1. The molecule has 0 saturated heterocycles. The summed E-state index contributed by atoms with van der Waals surface area (Å²) in [4.78, 5) is 15.5. The lowest BCUT2D eigenvalue weighted by molar-refractivity contribution is 0.0973. The number of ether oxygens (including phenoxy) is 1. The summed E-state index contributed by atoms with van der Waals surface area (Å²) in [5.74, 6) is 0.720. The molecule has 202 valence electrons. The van der Waals surface area contributed by atoms with Gasteiger partial charge in [0, 0.05) is 24.5 Å². The van der Waals surface area contributed by atoms with Gasteiger partial charge in [-0.15, -0.1) is 0 Å². The van der Waals surface area contributed by atoms with E-state index in [1.165, 1.54) is 32.7 Å². The summed E-state index contributed by atoms with van der Waals surface area (Å²) in [5, 5.41) is 0.514. The lowest BCUT2D eigenvalue weighted by atomic mass is 10.1. The van der Waals surface area contributed by atoms with Gasteiger partial charge in [-0.25, -0.2) is 8.42 Å². The Labute approximate surface area is 221 Å². The van der Waals surface area contributed by atoms with Crippen LogP contribution in [0.4, 0.5) is 0 Å². The van der Waals surface area contributed by atoms with E-state index >= 15 is 0 Å². The van der Waals surface area contributed by atoms with E-state index in [1.54, 1.807) is 55.5 Å². The van der Waals surface area contributed by atoms with Crippen LogP contribution in [-0.4, -0.2) is 63.2 Å². The van der Waals surface area contributed by atoms with Crippen LogP contribution >= 0.6 is 0 Å². The third-order valence-electron chi connectivity index (χ3n) is 6.47. The number of carbonyl (C=O) groups is 1. The van der Waals surface area contributed by atoms with Crippen LogP contribution in [0.5, 0.6) is 5.75 Å². The molecule has 3 rings (SSSR count). The van der Waals surface area contributed by atoms with E-state index in [-0.39, 0.29) is 17.2 Å². The number of rotatable bonds is 16. The van der Waals surface area contributed by atoms with Crippen molar-refractivity contribution >= 4 is 26.8 Å². The number of aryl methyl sites for hydroxylation is 1. The Morgan fingerprint density at radius 1 is 0.919 bits per heavy atom. The molecule has 3 aromatic rings. The molecule has 0 fully saturated rings. The van der Waals surface area contributed by atoms with E-state index in [0.29, 0.717) is 34.6 Å². The van der Waals surface area contributed by atoms with Crippen molar-refractivity contribution in [3.63, 3.8) is 0 Å². The van der Waals surface area contributed by atoms with Crippen LogP contribution in [0, 0.1) is 6.92 Å². The van der Waals surface area contributed by atoms with Crippen LogP contribution in [0.25, 0.3) is 11.0 Å². The van der Waals surface area contributed by atoms with E-state index in [0.717, 1.165) is 30.4 Å². The number of ketones is 1. The second-order valence-corrected chi connectivity index (χ2v) is 11.4. The average molecular weight is 529 g/mol. The number of para-hydroxylation sites is 1. The van der Waals surface area contributed by atoms with E-state index < -0.39 is 10.0 Å². The van der Waals surface area contributed by atoms with Crippen molar-refractivity contribution in [2.75, 3.05) is 39.8 Å². The number of benzene rings is 2. The molecule has 0 aliphatic rings. The van der Waals surface area contributed by atoms with E-state index in [1.807, 2.05) is 0 Å². The van der Waals surface area contributed by atoms with E-state index in [9.17, 15) is 13.2 Å². The zero-order chi connectivity index (χ0) is 26.8. The second-order valence-electron chi connectivity index (χ2n) is 9.44. The van der Waals surface area contributed by atoms with E-state index in [2.05, 4.69) is 18.7 Å². The Morgan fingerprint density at radius 2 is 1.54 bits per heavy atom. The van der Waals surface area contributed by atoms with Crippen LogP contribution < -0.4 is 4.74 Å². The highest BCUT2D eigenvalue weighted by atomic mass is 32.2. The summed E-state index contributed by atoms with van der Waals surface area (Å²) < 4.78 is 39.1. The number of nitrogens with zero attached hydrogens (tertiary/aromatic N) is 2. The average Bonchev–Trinajstić information content (AvgIpc) is 3.24. The molecule has 0 N–H and O–H groups in total. The molecular weight excluding hydrogens is 488 g/mol. The lowest BCUT2D eigenvalue weighted by Crippen LogP contribution is -2.32. The van der Waals surface area contributed by atoms with Crippen molar-refractivity contribution in [2.45, 2.75) is 57.8 Å². The molecule has 0 saturated carbocycles. The van der Waals surface area contributed by atoms with Crippen LogP contribution in [0.2, 0.25) is 0 Å². The van der Waals surface area contributed by atoms with Crippen molar-refractivity contribution < 1.29 is 22.4 Å². The number of hydrogen-bond donors (Lipinski definition) is 0. The third-order valence-corrected chi connectivity index (χ3v) is 8.44. The molecule has 37 heavy (non-hydrogen) atoms. The number of unbranched alkanes of at least 4 members (excludes halogenated alkanes) is 2. The van der Waals surface area contributed by atoms with Crippen LogP contribution in [0.3, 0.4) is 0 Å². The van der Waals surface area contributed by atoms with Crippen LogP contribution in [-0.2, 0) is 10.0 Å². The van der Waals surface area contributed by atoms with Gasteiger partial charge in [-0.2, -0.15) is 4.31 Å². The quantitative estimate of drug-likeness (QED) is 0.170. The molecule has 0 aliphatic heterocycles. The first-order valence-electron chi connectivity index (χ1n) is 13.2. The minimum absolute atomic E-state index is 0.102. The van der Waals surface area contributed by atoms with Crippen LogP contribution in [0.15, 0.2) is 57.8 Å². The molecular formula is C29H40N2O5S. The maximum atomic E-state index is 13.3. The predicted octanol–water partition coefficient (Wildman–Crippen LogP) is 5.92. The summed E-state index contributed by atoms with van der Waals surface area (Å²) in [6.07, 6.45) is 5.78. The van der Waals surface area contributed by atoms with Gasteiger partial charge in [0.1, 0.15) is 22.0 Å². The Bertz CT molecular complexity index is 1240. The summed E-state index contributed by atoms with van der Waals surface area (Å²) in [5.41, 5.74) is 0.942. The molecule has 0 bridgehead atoms. The molecule has 7 nitrogen and oxygen atoms in total. The smallest absolute Gasteiger partial charge is 0.247 e. The van der Waals surface area contributed by atoms with Crippen molar-refractivity contribution in [2.24, 2.45) is 0 Å². The molecule has 0 spiro atoms. The third kappa shape index (κ3) is 7.66. The van der Waals surface area contributed by atoms with Gasteiger partial charge >= 0.3 is 0 Å². The number of carbonyl (C=O) groups excluding carboxylic acids is 1. The van der Waals surface area contributed by atoms with Crippen LogP contribution in [0.1, 0.15) is 62.1 Å². The second kappa shape index (κ2) is 13.7. The van der Waals surface area contributed by atoms with Gasteiger partial charge in [0.05, 0.1) is 13.2 Å². The maximum absolute atomic E-state index is 13.3. The molecule has 0 amide bonds. The molecule has 2 aromatic carbocycles. The standard InChI is InChI=1S/C29H40N2O5S/c1-5-7-18-31(19-8-6-2)20-11-21-35-25-16-14-24(15-17-25)27(32)22-30(4)37(33,34)29-23(3)36-28-13-10-9-12-26(28)29/h9-10,12-17H,5-8,11,18-22H2,1-4H3. The van der Waals surface area contributed by atoms with Gasteiger partial charge in [-0.05, 0) is 75.7 Å². The Hall–Kier alpha value is -2.68. The van der Waals surface area contributed by atoms with Gasteiger partial charge in [0.25, 0.3) is 0 Å². The van der Waals surface area contributed by atoms with Crippen molar-refractivity contribution in [3.8, 4) is 5.75 Å². The number of furan rings is 1. The number of fused-ring (bicyclic) bond motifs is 1. The minimum Gasteiger partial charge on any atom is -0.494 e. The Balaban J connectivity index is 1.54. The minimum atomic E-state index is -3.91. The molecule has 1 aromatic heterocycles. The summed E-state index contributed by atoms with van der Waals surface area (Å²) in [6, 6.07) is 13.9. The largest absolute Gasteiger partial charge is 0.494 e. The fourth-order valence-corrected chi connectivity index (χ4v) is 5.76. The molecule has 8 heteroatoms. The lowest BCUT2D eigenvalue weighted by Gasteiger charge is -2.21. The first-order valence-corrected chi connectivity index (χ1v) is 14.6. The SMILES string of the molecule is CCCCN(CCCC)CCCOc1ccc(C(=O)CN(C)S(=O)(=O)c2c(C)oc3ccccc23)cc1. The zero-order valence-corrected chi connectivity index (χ0v) is 23.4. The molecule has 0 aliphatic carbocycles. The summed E-state index contributed by atoms with van der Waals surface area (Å²) in [7, 11) is -2.50. The van der Waals surface area contributed by atoms with Gasteiger partial charge in [-0.3, -0.25) is 4.79 Å². The summed E-state index contributed by atoms with van der Waals surface area (Å²) >= 11 is 0. The monoisotopic (exact) mass is 528 g/mol. The predicted molar refractivity (Wildman–Crippen MR) is 148 cm³/mol. The fourth-order valence-electron chi connectivity index (χ4n) is 4.31. The number of hydrogen-bond acceptors (Lipinski definition) is 6. The van der Waals surface area contributed by atoms with Crippen molar-refractivity contribution in [3.05, 3.63) is 59.9 Å². The highest BCUT2D eigenvalue weighted by Gasteiger charge is 2.29. The van der Waals surface area contributed by atoms with Crippen molar-refractivity contribution in [1.29, 1.82) is 0 Å². The molecule has 0 atom stereocenters. The molecule has 0 unspecified atom stereocenters. The topological polar surface area (TPSA) is 80.1 Å². The van der Waals surface area contributed by atoms with Gasteiger partial charge in [-0.1, -0.05) is 38.8 Å². The van der Waals surface area contributed by atoms with E-state index in [4.69, 9.17) is 9.15 Å². The highest BCUT2D eigenvalue weighted by Crippen LogP contribution is 2.31. The van der Waals surface area contributed by atoms with Gasteiger partial charge < -0.3 is 14.1 Å². The van der Waals surface area contributed by atoms with Gasteiger partial charge in [0.2, 0.25) is 10.0 Å². The molecule has 1 heterocycles.